The van der Waals surface area contributed by atoms with E-state index in [4.69, 9.17) is 4.74 Å². The molecule has 4 rings (SSSR count). The predicted octanol–water partition coefficient (Wildman–Crippen LogP) is 3.89. The molecule has 0 saturated carbocycles. The smallest absolute Gasteiger partial charge is 0.123 e. The van der Waals surface area contributed by atoms with Crippen molar-refractivity contribution >= 4 is 16.6 Å². The van der Waals surface area contributed by atoms with E-state index in [0.29, 0.717) is 0 Å². The van der Waals surface area contributed by atoms with Gasteiger partial charge >= 0.3 is 0 Å². The molecule has 2 aromatic carbocycles. The molecule has 3 aromatic rings. The van der Waals surface area contributed by atoms with Gasteiger partial charge in [0.05, 0.1) is 7.11 Å². The Morgan fingerprint density at radius 2 is 1.87 bits per heavy atom. The van der Waals surface area contributed by atoms with E-state index in [2.05, 4.69) is 28.6 Å². The summed E-state index contributed by atoms with van der Waals surface area (Å²) in [7, 11) is 3.74. The van der Waals surface area contributed by atoms with Crippen molar-refractivity contribution in [1.29, 1.82) is 0 Å². The molecule has 3 nitrogen and oxygen atoms in total. The minimum atomic E-state index is -0.174. The van der Waals surface area contributed by atoms with Gasteiger partial charge in [-0.2, -0.15) is 0 Å². The van der Waals surface area contributed by atoms with Crippen LogP contribution in [-0.2, 0) is 20.0 Å². The largest absolute Gasteiger partial charge is 0.497 e. The van der Waals surface area contributed by atoms with Crippen LogP contribution in [0, 0.1) is 5.82 Å². The molecule has 2 heterocycles. The number of hydrogen-bond acceptors (Lipinski definition) is 2. The van der Waals surface area contributed by atoms with Crippen molar-refractivity contribution in [3.8, 4) is 5.75 Å². The number of aromatic nitrogens is 1. The van der Waals surface area contributed by atoms with Crippen LogP contribution in [0.25, 0.3) is 10.9 Å². The van der Waals surface area contributed by atoms with Crippen molar-refractivity contribution < 1.29 is 9.13 Å². The SMILES string of the molecule is COc1ccc(N2CCc3c(c4cc(F)ccc4n3C)C2)cc1. The second-order valence-corrected chi connectivity index (χ2v) is 6.02. The number of methoxy groups -OCH3 is 1. The van der Waals surface area contributed by atoms with Crippen molar-refractivity contribution in [3.63, 3.8) is 0 Å². The molecule has 0 N–H and O–H groups in total. The average Bonchev–Trinajstić information content (AvgIpc) is 2.87. The lowest BCUT2D eigenvalue weighted by molar-refractivity contribution is 0.415. The fraction of sp³-hybridized carbons (Fsp3) is 0.263. The first-order valence-corrected chi connectivity index (χ1v) is 7.82. The second-order valence-electron chi connectivity index (χ2n) is 6.02. The number of rotatable bonds is 2. The van der Waals surface area contributed by atoms with Crippen molar-refractivity contribution in [1.82, 2.24) is 4.57 Å². The first-order valence-electron chi connectivity index (χ1n) is 7.82. The highest BCUT2D eigenvalue weighted by molar-refractivity contribution is 5.86. The van der Waals surface area contributed by atoms with E-state index >= 15 is 0 Å². The van der Waals surface area contributed by atoms with Crippen LogP contribution in [0.5, 0.6) is 5.75 Å². The maximum absolute atomic E-state index is 13.7. The molecule has 118 valence electrons. The molecule has 0 saturated heterocycles. The number of fused-ring (bicyclic) bond motifs is 3. The zero-order chi connectivity index (χ0) is 16.0. The summed E-state index contributed by atoms with van der Waals surface area (Å²) in [6, 6.07) is 13.2. The summed E-state index contributed by atoms with van der Waals surface area (Å²) in [6.07, 6.45) is 0.966. The highest BCUT2D eigenvalue weighted by Gasteiger charge is 2.23. The minimum Gasteiger partial charge on any atom is -0.497 e. The number of nitrogens with zero attached hydrogens (tertiary/aromatic N) is 2. The summed E-state index contributed by atoms with van der Waals surface area (Å²) in [5, 5.41) is 1.03. The quantitative estimate of drug-likeness (QED) is 0.714. The summed E-state index contributed by atoms with van der Waals surface area (Å²) in [5.74, 6) is 0.686. The molecule has 1 aliphatic rings. The summed E-state index contributed by atoms with van der Waals surface area (Å²) in [6.45, 7) is 1.77. The van der Waals surface area contributed by atoms with Crippen LogP contribution < -0.4 is 9.64 Å². The van der Waals surface area contributed by atoms with Crippen LogP contribution in [0.1, 0.15) is 11.3 Å². The van der Waals surface area contributed by atoms with Crippen LogP contribution in [0.15, 0.2) is 42.5 Å². The van der Waals surface area contributed by atoms with Crippen molar-refractivity contribution in [2.45, 2.75) is 13.0 Å². The summed E-state index contributed by atoms with van der Waals surface area (Å²) in [5.41, 5.74) is 4.83. The van der Waals surface area contributed by atoms with Crippen molar-refractivity contribution in [2.24, 2.45) is 7.05 Å². The Labute approximate surface area is 134 Å². The standard InChI is InChI=1S/C19H19FN2O/c1-21-18-8-3-13(20)11-16(18)17-12-22(10-9-19(17)21)14-4-6-15(23-2)7-5-14/h3-8,11H,9-10,12H2,1-2H3. The van der Waals surface area contributed by atoms with Gasteiger partial charge in [0.2, 0.25) is 0 Å². The molecular formula is C19H19FN2O. The Balaban J connectivity index is 1.74. The van der Waals surface area contributed by atoms with Crippen LogP contribution in [0.4, 0.5) is 10.1 Å². The van der Waals surface area contributed by atoms with E-state index < -0.39 is 0 Å². The van der Waals surface area contributed by atoms with Crippen LogP contribution in [-0.4, -0.2) is 18.2 Å². The Morgan fingerprint density at radius 1 is 1.09 bits per heavy atom. The first-order chi connectivity index (χ1) is 11.2. The molecule has 0 radical (unpaired) electrons. The normalized spacial score (nSPS) is 14.1. The lowest BCUT2D eigenvalue weighted by Gasteiger charge is -2.30. The fourth-order valence-electron chi connectivity index (χ4n) is 3.56. The van der Waals surface area contributed by atoms with Gasteiger partial charge in [0.1, 0.15) is 11.6 Å². The predicted molar refractivity (Wildman–Crippen MR) is 90.6 cm³/mol. The number of halogens is 1. The van der Waals surface area contributed by atoms with E-state index in [-0.39, 0.29) is 5.82 Å². The Hall–Kier alpha value is -2.49. The lowest BCUT2D eigenvalue weighted by atomic mass is 10.0. The monoisotopic (exact) mass is 310 g/mol. The van der Waals surface area contributed by atoms with Gasteiger partial charge in [-0.25, -0.2) is 4.39 Å². The third-order valence-corrected chi connectivity index (χ3v) is 4.80. The molecule has 1 aliphatic heterocycles. The summed E-state index contributed by atoms with van der Waals surface area (Å²) >= 11 is 0. The highest BCUT2D eigenvalue weighted by Crippen LogP contribution is 2.33. The maximum atomic E-state index is 13.7. The van der Waals surface area contributed by atoms with Gasteiger partial charge < -0.3 is 14.2 Å². The van der Waals surface area contributed by atoms with Gasteiger partial charge in [-0.15, -0.1) is 0 Å². The first kappa shape index (κ1) is 14.1. The minimum absolute atomic E-state index is 0.174. The van der Waals surface area contributed by atoms with E-state index in [9.17, 15) is 4.39 Å². The number of ether oxygens (including phenoxy) is 1. The molecule has 4 heteroatoms. The van der Waals surface area contributed by atoms with Crippen LogP contribution in [0.2, 0.25) is 0 Å². The highest BCUT2D eigenvalue weighted by atomic mass is 19.1. The molecule has 0 bridgehead atoms. The molecule has 0 spiro atoms. The van der Waals surface area contributed by atoms with Crippen molar-refractivity contribution in [2.75, 3.05) is 18.6 Å². The molecular weight excluding hydrogens is 291 g/mol. The maximum Gasteiger partial charge on any atom is 0.123 e. The lowest BCUT2D eigenvalue weighted by Crippen LogP contribution is -2.30. The Morgan fingerprint density at radius 3 is 2.61 bits per heavy atom. The third-order valence-electron chi connectivity index (χ3n) is 4.80. The molecule has 0 aliphatic carbocycles. The van der Waals surface area contributed by atoms with Gasteiger partial charge in [0, 0.05) is 54.4 Å². The van der Waals surface area contributed by atoms with Gasteiger partial charge in [-0.1, -0.05) is 0 Å². The second kappa shape index (κ2) is 5.30. The van der Waals surface area contributed by atoms with Gasteiger partial charge in [0.25, 0.3) is 0 Å². The van der Waals surface area contributed by atoms with E-state index in [0.717, 1.165) is 36.2 Å². The molecule has 0 atom stereocenters. The van der Waals surface area contributed by atoms with E-state index in [1.54, 1.807) is 13.2 Å². The van der Waals surface area contributed by atoms with Crippen molar-refractivity contribution in [3.05, 3.63) is 59.5 Å². The van der Waals surface area contributed by atoms with E-state index in [1.807, 2.05) is 18.2 Å². The van der Waals surface area contributed by atoms with E-state index in [1.165, 1.54) is 23.0 Å². The number of anilines is 1. The number of benzene rings is 2. The Kier molecular flexibility index (Phi) is 3.26. The van der Waals surface area contributed by atoms with Gasteiger partial charge in [0.15, 0.2) is 0 Å². The molecule has 1 aromatic heterocycles. The van der Waals surface area contributed by atoms with Gasteiger partial charge in [-0.05, 0) is 42.5 Å². The summed E-state index contributed by atoms with van der Waals surface area (Å²) < 4.78 is 21.1. The number of hydrogen-bond donors (Lipinski definition) is 0. The molecule has 0 unspecified atom stereocenters. The third kappa shape index (κ3) is 2.25. The van der Waals surface area contributed by atoms with Gasteiger partial charge in [-0.3, -0.25) is 0 Å². The zero-order valence-corrected chi connectivity index (χ0v) is 13.3. The molecule has 0 fully saturated rings. The summed E-state index contributed by atoms with van der Waals surface area (Å²) in [4.78, 5) is 2.34. The fourth-order valence-corrected chi connectivity index (χ4v) is 3.56. The van der Waals surface area contributed by atoms with Crippen LogP contribution >= 0.6 is 0 Å². The molecule has 0 amide bonds. The molecule has 23 heavy (non-hydrogen) atoms. The van der Waals surface area contributed by atoms with Crippen LogP contribution in [0.3, 0.4) is 0 Å². The topological polar surface area (TPSA) is 17.4 Å². The Bertz CT molecular complexity index is 867. The number of aryl methyl sites for hydroxylation is 1. The zero-order valence-electron chi connectivity index (χ0n) is 13.3. The average molecular weight is 310 g/mol.